The Balaban J connectivity index is 1.97. The van der Waals surface area contributed by atoms with Crippen molar-refractivity contribution in [2.75, 3.05) is 0 Å². The van der Waals surface area contributed by atoms with Gasteiger partial charge in [-0.05, 0) is 55.0 Å². The van der Waals surface area contributed by atoms with E-state index in [1.54, 1.807) is 10.4 Å². The number of nitrogens with one attached hydrogen (secondary N) is 1. The van der Waals surface area contributed by atoms with Gasteiger partial charge in [-0.2, -0.15) is 0 Å². The fourth-order valence-electron chi connectivity index (χ4n) is 2.95. The first-order valence-corrected chi connectivity index (χ1v) is 8.44. The third kappa shape index (κ3) is 3.36. The molecule has 0 fully saturated rings. The van der Waals surface area contributed by atoms with Gasteiger partial charge in [0.1, 0.15) is 0 Å². The second-order valence-corrected chi connectivity index (χ2v) is 6.77. The Bertz CT molecular complexity index is 358. The molecule has 1 aliphatic carbocycles. The average molecular weight is 265 g/mol. The van der Waals surface area contributed by atoms with Crippen LogP contribution < -0.4 is 5.32 Å². The van der Waals surface area contributed by atoms with E-state index in [9.17, 15) is 0 Å². The quantitative estimate of drug-likeness (QED) is 0.769. The van der Waals surface area contributed by atoms with Crippen LogP contribution in [0.2, 0.25) is 0 Å². The third-order valence-electron chi connectivity index (χ3n) is 4.37. The summed E-state index contributed by atoms with van der Waals surface area (Å²) in [4.78, 5) is 1.62. The molecule has 2 rings (SSSR count). The molecule has 0 aliphatic heterocycles. The van der Waals surface area contributed by atoms with Crippen molar-refractivity contribution in [3.05, 3.63) is 21.9 Å². The molecule has 1 nitrogen and oxygen atoms in total. The van der Waals surface area contributed by atoms with Crippen LogP contribution in [0.5, 0.6) is 0 Å². The molecule has 1 aliphatic rings. The zero-order chi connectivity index (χ0) is 13.0. The van der Waals surface area contributed by atoms with E-state index in [2.05, 4.69) is 37.5 Å². The van der Waals surface area contributed by atoms with Gasteiger partial charge >= 0.3 is 0 Å². The molecule has 0 saturated carbocycles. The van der Waals surface area contributed by atoms with E-state index in [-0.39, 0.29) is 0 Å². The van der Waals surface area contributed by atoms with Gasteiger partial charge in [-0.15, -0.1) is 11.3 Å². The predicted octanol–water partition coefficient (Wildman–Crippen LogP) is 4.93. The van der Waals surface area contributed by atoms with Crippen LogP contribution in [0, 0.1) is 5.92 Å². The molecule has 3 atom stereocenters. The van der Waals surface area contributed by atoms with Crippen molar-refractivity contribution in [3.8, 4) is 0 Å². The summed E-state index contributed by atoms with van der Waals surface area (Å²) in [5.41, 5.74) is 1.59. The summed E-state index contributed by atoms with van der Waals surface area (Å²) in [5.74, 6) is 0.841. The Morgan fingerprint density at radius 1 is 1.39 bits per heavy atom. The van der Waals surface area contributed by atoms with Crippen LogP contribution in [0.3, 0.4) is 0 Å². The topological polar surface area (TPSA) is 12.0 Å². The first-order valence-electron chi connectivity index (χ1n) is 7.56. The lowest BCUT2D eigenvalue weighted by molar-refractivity contribution is 0.333. The monoisotopic (exact) mass is 265 g/mol. The maximum absolute atomic E-state index is 3.92. The summed E-state index contributed by atoms with van der Waals surface area (Å²) in [6.45, 7) is 6.99. The van der Waals surface area contributed by atoms with E-state index in [0.717, 1.165) is 5.92 Å². The average Bonchev–Trinajstić information content (AvgIpc) is 2.87. The third-order valence-corrected chi connectivity index (χ3v) is 5.36. The highest BCUT2D eigenvalue weighted by Gasteiger charge is 2.23. The summed E-state index contributed by atoms with van der Waals surface area (Å²) < 4.78 is 0. The molecule has 0 radical (unpaired) electrons. The van der Waals surface area contributed by atoms with Crippen molar-refractivity contribution < 1.29 is 0 Å². The van der Waals surface area contributed by atoms with Gasteiger partial charge in [-0.1, -0.05) is 27.2 Å². The highest BCUT2D eigenvalue weighted by atomic mass is 32.1. The van der Waals surface area contributed by atoms with Crippen LogP contribution in [-0.2, 0) is 6.42 Å². The first kappa shape index (κ1) is 14.1. The molecular formula is C16H27NS. The van der Waals surface area contributed by atoms with E-state index in [0.29, 0.717) is 12.1 Å². The van der Waals surface area contributed by atoms with Gasteiger partial charge in [0, 0.05) is 17.0 Å². The van der Waals surface area contributed by atoms with Crippen LogP contribution in [0.25, 0.3) is 0 Å². The maximum atomic E-state index is 3.92. The number of fused-ring (bicyclic) bond motifs is 1. The van der Waals surface area contributed by atoms with Crippen molar-refractivity contribution >= 4 is 11.3 Å². The zero-order valence-corrected chi connectivity index (χ0v) is 12.9. The molecule has 102 valence electrons. The molecule has 0 saturated heterocycles. The summed E-state index contributed by atoms with van der Waals surface area (Å²) in [5, 5.41) is 6.18. The molecular weight excluding hydrogens is 238 g/mol. The molecule has 1 aromatic rings. The Morgan fingerprint density at radius 3 is 2.94 bits per heavy atom. The first-order chi connectivity index (χ1) is 8.74. The summed E-state index contributed by atoms with van der Waals surface area (Å²) in [6.07, 6.45) is 7.84. The van der Waals surface area contributed by atoms with Gasteiger partial charge in [-0.3, -0.25) is 0 Å². The van der Waals surface area contributed by atoms with Gasteiger partial charge < -0.3 is 5.32 Å². The van der Waals surface area contributed by atoms with Crippen molar-refractivity contribution in [1.82, 2.24) is 5.32 Å². The number of aryl methyl sites for hydroxylation is 1. The standard InChI is InChI=1S/C16H27NS/c1-4-12(3)11-13(5-2)17-15-7-6-8-16-14(15)9-10-18-16/h9-10,12-13,15,17H,4-8,11H2,1-3H3. The van der Waals surface area contributed by atoms with Gasteiger partial charge in [-0.25, -0.2) is 0 Å². The Hall–Kier alpha value is -0.340. The Morgan fingerprint density at radius 2 is 2.22 bits per heavy atom. The highest BCUT2D eigenvalue weighted by Crippen LogP contribution is 2.34. The van der Waals surface area contributed by atoms with Crippen LogP contribution in [-0.4, -0.2) is 6.04 Å². The molecule has 0 amide bonds. The largest absolute Gasteiger partial charge is 0.307 e. The number of hydrogen-bond acceptors (Lipinski definition) is 2. The molecule has 1 aromatic heterocycles. The van der Waals surface area contributed by atoms with Crippen LogP contribution in [0.1, 0.15) is 69.4 Å². The molecule has 0 bridgehead atoms. The second kappa shape index (κ2) is 6.72. The molecule has 3 unspecified atom stereocenters. The Labute approximate surface area is 116 Å². The number of rotatable bonds is 6. The zero-order valence-electron chi connectivity index (χ0n) is 12.0. The van der Waals surface area contributed by atoms with Crippen molar-refractivity contribution in [2.45, 2.75) is 71.4 Å². The van der Waals surface area contributed by atoms with Gasteiger partial charge in [0.05, 0.1) is 0 Å². The SMILES string of the molecule is CCC(C)CC(CC)NC1CCCc2sccc21. The lowest BCUT2D eigenvalue weighted by Gasteiger charge is -2.29. The van der Waals surface area contributed by atoms with Crippen LogP contribution in [0.4, 0.5) is 0 Å². The van der Waals surface area contributed by atoms with Gasteiger partial charge in [0.15, 0.2) is 0 Å². The molecule has 0 aromatic carbocycles. The maximum Gasteiger partial charge on any atom is 0.0333 e. The van der Waals surface area contributed by atoms with Crippen molar-refractivity contribution in [2.24, 2.45) is 5.92 Å². The molecule has 18 heavy (non-hydrogen) atoms. The van der Waals surface area contributed by atoms with Gasteiger partial charge in [0.25, 0.3) is 0 Å². The van der Waals surface area contributed by atoms with E-state index < -0.39 is 0 Å². The van der Waals surface area contributed by atoms with Crippen LogP contribution >= 0.6 is 11.3 Å². The van der Waals surface area contributed by atoms with Crippen LogP contribution in [0.15, 0.2) is 11.4 Å². The lowest BCUT2D eigenvalue weighted by Crippen LogP contribution is -2.35. The van der Waals surface area contributed by atoms with E-state index in [4.69, 9.17) is 0 Å². The summed E-state index contributed by atoms with van der Waals surface area (Å²) in [7, 11) is 0. The summed E-state index contributed by atoms with van der Waals surface area (Å²) in [6, 6.07) is 3.65. The lowest BCUT2D eigenvalue weighted by atomic mass is 9.91. The molecule has 1 heterocycles. The van der Waals surface area contributed by atoms with Crippen molar-refractivity contribution in [3.63, 3.8) is 0 Å². The van der Waals surface area contributed by atoms with Gasteiger partial charge in [0.2, 0.25) is 0 Å². The Kier molecular flexibility index (Phi) is 5.25. The van der Waals surface area contributed by atoms with E-state index in [1.165, 1.54) is 38.5 Å². The number of thiophene rings is 1. The predicted molar refractivity (Wildman–Crippen MR) is 81.3 cm³/mol. The van der Waals surface area contributed by atoms with E-state index in [1.807, 2.05) is 11.3 Å². The summed E-state index contributed by atoms with van der Waals surface area (Å²) >= 11 is 1.94. The molecule has 1 N–H and O–H groups in total. The minimum Gasteiger partial charge on any atom is -0.307 e. The second-order valence-electron chi connectivity index (χ2n) is 5.76. The molecule has 2 heteroatoms. The minimum atomic E-state index is 0.619. The van der Waals surface area contributed by atoms with E-state index >= 15 is 0 Å². The number of hydrogen-bond donors (Lipinski definition) is 1. The minimum absolute atomic E-state index is 0.619. The fourth-order valence-corrected chi connectivity index (χ4v) is 3.94. The fraction of sp³-hybridized carbons (Fsp3) is 0.750. The molecule has 0 spiro atoms. The smallest absolute Gasteiger partial charge is 0.0333 e. The highest BCUT2D eigenvalue weighted by molar-refractivity contribution is 7.10. The van der Waals surface area contributed by atoms with Crippen molar-refractivity contribution in [1.29, 1.82) is 0 Å². The normalized spacial score (nSPS) is 22.5.